The normalized spacial score (nSPS) is 14.6. The first-order valence-electron chi connectivity index (χ1n) is 8.94. The van der Waals surface area contributed by atoms with Crippen LogP contribution in [0.4, 0.5) is 0 Å². The van der Waals surface area contributed by atoms with Crippen LogP contribution in [-0.4, -0.2) is 22.8 Å². The van der Waals surface area contributed by atoms with Crippen LogP contribution in [0, 0.1) is 0 Å². The van der Waals surface area contributed by atoms with Crippen molar-refractivity contribution in [3.05, 3.63) is 52.8 Å². The molecule has 4 rings (SSSR count). The number of aryl methyl sites for hydroxylation is 1. The molecule has 1 N–H and O–H groups in total. The molecule has 3 aromatic rings. The Morgan fingerprint density at radius 1 is 1.23 bits per heavy atom. The molecule has 0 aliphatic carbocycles. The lowest BCUT2D eigenvalue weighted by Crippen LogP contribution is -2.22. The fraction of sp³-hybridized carbons (Fsp3) is 0.350. The Labute approximate surface area is 157 Å². The Morgan fingerprint density at radius 2 is 2.04 bits per heavy atom. The molecule has 1 aliphatic rings. The maximum absolute atomic E-state index is 6.33. The number of halogens is 1. The van der Waals surface area contributed by atoms with E-state index in [1.807, 2.05) is 18.2 Å². The smallest absolute Gasteiger partial charge is 0.179 e. The molecule has 26 heavy (non-hydrogen) atoms. The second-order valence-corrected chi connectivity index (χ2v) is 6.81. The monoisotopic (exact) mass is 371 g/mol. The van der Waals surface area contributed by atoms with Crippen LogP contribution in [0.25, 0.3) is 11.0 Å². The summed E-state index contributed by atoms with van der Waals surface area (Å²) in [5.41, 5.74) is 3.26. The van der Waals surface area contributed by atoms with Gasteiger partial charge in [0.2, 0.25) is 0 Å². The molecule has 0 bridgehead atoms. The Kier molecular flexibility index (Phi) is 4.74. The molecule has 1 unspecified atom stereocenters. The van der Waals surface area contributed by atoms with Crippen molar-refractivity contribution in [2.24, 2.45) is 0 Å². The zero-order valence-electron chi connectivity index (χ0n) is 15.0. The lowest BCUT2D eigenvalue weighted by molar-refractivity contribution is 0.171. The minimum absolute atomic E-state index is 0.106. The van der Waals surface area contributed by atoms with Gasteiger partial charge in [0.1, 0.15) is 19.0 Å². The SMILES string of the molecule is CCn1c(C(C)NCc2cc(Cl)c3c(c2)OCCO3)nc2ccccc21. The highest BCUT2D eigenvalue weighted by atomic mass is 35.5. The average Bonchev–Trinajstić information content (AvgIpc) is 3.05. The molecule has 2 aromatic carbocycles. The van der Waals surface area contributed by atoms with Crippen LogP contribution >= 0.6 is 11.6 Å². The second kappa shape index (κ2) is 7.17. The topological polar surface area (TPSA) is 48.3 Å². The third kappa shape index (κ3) is 3.13. The quantitative estimate of drug-likeness (QED) is 0.725. The Morgan fingerprint density at radius 3 is 2.88 bits per heavy atom. The van der Waals surface area contributed by atoms with Gasteiger partial charge in [-0.2, -0.15) is 0 Å². The van der Waals surface area contributed by atoms with Crippen LogP contribution in [-0.2, 0) is 13.1 Å². The number of ether oxygens (including phenoxy) is 2. The number of nitrogens with one attached hydrogen (secondary N) is 1. The summed E-state index contributed by atoms with van der Waals surface area (Å²) in [5, 5.41) is 4.14. The van der Waals surface area contributed by atoms with Crippen molar-refractivity contribution in [2.45, 2.75) is 33.0 Å². The van der Waals surface area contributed by atoms with Gasteiger partial charge in [0.05, 0.1) is 22.1 Å². The molecule has 0 fully saturated rings. The van der Waals surface area contributed by atoms with Crippen LogP contribution in [0.1, 0.15) is 31.3 Å². The van der Waals surface area contributed by atoms with Gasteiger partial charge in [0.25, 0.3) is 0 Å². The van der Waals surface area contributed by atoms with Crippen molar-refractivity contribution in [1.29, 1.82) is 0 Å². The average molecular weight is 372 g/mol. The van der Waals surface area contributed by atoms with E-state index in [1.54, 1.807) is 0 Å². The van der Waals surface area contributed by atoms with Gasteiger partial charge in [0, 0.05) is 13.1 Å². The number of imidazole rings is 1. The number of hydrogen-bond acceptors (Lipinski definition) is 4. The molecule has 2 heterocycles. The first-order chi connectivity index (χ1) is 12.7. The summed E-state index contributed by atoms with van der Waals surface area (Å²) in [5.74, 6) is 2.40. The van der Waals surface area contributed by atoms with Crippen molar-refractivity contribution in [3.63, 3.8) is 0 Å². The zero-order chi connectivity index (χ0) is 18.1. The summed E-state index contributed by atoms with van der Waals surface area (Å²) in [6, 6.07) is 12.3. The molecule has 1 aliphatic heterocycles. The summed E-state index contributed by atoms with van der Waals surface area (Å²) in [6.45, 7) is 6.92. The molecule has 0 saturated heterocycles. The number of aromatic nitrogens is 2. The summed E-state index contributed by atoms with van der Waals surface area (Å²) in [4.78, 5) is 4.81. The molecule has 0 saturated carbocycles. The molecule has 1 atom stereocenters. The predicted molar refractivity (Wildman–Crippen MR) is 103 cm³/mol. The lowest BCUT2D eigenvalue weighted by Gasteiger charge is -2.21. The standard InChI is InChI=1S/C20H22ClN3O2/c1-3-24-17-7-5-4-6-16(17)23-20(24)13(2)22-12-14-10-15(21)19-18(11-14)25-8-9-26-19/h4-7,10-11,13,22H,3,8-9,12H2,1-2H3. The highest BCUT2D eigenvalue weighted by Crippen LogP contribution is 2.38. The van der Waals surface area contributed by atoms with E-state index in [0.29, 0.717) is 36.3 Å². The summed E-state index contributed by atoms with van der Waals surface area (Å²) >= 11 is 6.33. The van der Waals surface area contributed by atoms with E-state index in [4.69, 9.17) is 26.1 Å². The summed E-state index contributed by atoms with van der Waals surface area (Å²) in [6.07, 6.45) is 0. The van der Waals surface area contributed by atoms with Crippen LogP contribution in [0.15, 0.2) is 36.4 Å². The van der Waals surface area contributed by atoms with Gasteiger partial charge in [-0.3, -0.25) is 0 Å². The molecular formula is C20H22ClN3O2. The first-order valence-corrected chi connectivity index (χ1v) is 9.31. The Balaban J connectivity index is 1.54. The van der Waals surface area contributed by atoms with Gasteiger partial charge in [-0.05, 0) is 43.7 Å². The number of benzene rings is 2. The maximum atomic E-state index is 6.33. The fourth-order valence-corrected chi connectivity index (χ4v) is 3.67. The Bertz CT molecular complexity index is 938. The number of fused-ring (bicyclic) bond motifs is 2. The molecule has 136 valence electrons. The van der Waals surface area contributed by atoms with E-state index in [-0.39, 0.29) is 6.04 Å². The van der Waals surface area contributed by atoms with Gasteiger partial charge in [-0.1, -0.05) is 23.7 Å². The minimum atomic E-state index is 0.106. The van der Waals surface area contributed by atoms with Gasteiger partial charge >= 0.3 is 0 Å². The predicted octanol–water partition coefficient (Wildman–Crippen LogP) is 4.33. The van der Waals surface area contributed by atoms with Crippen molar-refractivity contribution >= 4 is 22.6 Å². The number of nitrogens with zero attached hydrogens (tertiary/aromatic N) is 2. The van der Waals surface area contributed by atoms with Crippen molar-refractivity contribution in [1.82, 2.24) is 14.9 Å². The van der Waals surface area contributed by atoms with Crippen LogP contribution < -0.4 is 14.8 Å². The number of rotatable bonds is 5. The van der Waals surface area contributed by atoms with Gasteiger partial charge in [-0.15, -0.1) is 0 Å². The number of para-hydroxylation sites is 2. The fourth-order valence-electron chi connectivity index (χ4n) is 3.39. The molecule has 5 nitrogen and oxygen atoms in total. The summed E-state index contributed by atoms with van der Waals surface area (Å²) in [7, 11) is 0. The summed E-state index contributed by atoms with van der Waals surface area (Å²) < 4.78 is 13.5. The van der Waals surface area contributed by atoms with Crippen LogP contribution in [0.3, 0.4) is 0 Å². The number of hydrogen-bond donors (Lipinski definition) is 1. The minimum Gasteiger partial charge on any atom is -0.486 e. The molecule has 6 heteroatoms. The third-order valence-electron chi connectivity index (χ3n) is 4.66. The van der Waals surface area contributed by atoms with Crippen molar-refractivity contribution in [2.75, 3.05) is 13.2 Å². The van der Waals surface area contributed by atoms with E-state index in [2.05, 4.69) is 41.9 Å². The van der Waals surface area contributed by atoms with E-state index in [9.17, 15) is 0 Å². The highest BCUT2D eigenvalue weighted by Gasteiger charge is 2.18. The molecule has 0 amide bonds. The largest absolute Gasteiger partial charge is 0.486 e. The van der Waals surface area contributed by atoms with Crippen molar-refractivity contribution in [3.8, 4) is 11.5 Å². The van der Waals surface area contributed by atoms with Crippen LogP contribution in [0.2, 0.25) is 5.02 Å². The van der Waals surface area contributed by atoms with E-state index >= 15 is 0 Å². The molecule has 1 aromatic heterocycles. The lowest BCUT2D eigenvalue weighted by atomic mass is 10.1. The van der Waals surface area contributed by atoms with Gasteiger partial charge < -0.3 is 19.4 Å². The van der Waals surface area contributed by atoms with Crippen LogP contribution in [0.5, 0.6) is 11.5 Å². The highest BCUT2D eigenvalue weighted by molar-refractivity contribution is 6.32. The molecule has 0 spiro atoms. The van der Waals surface area contributed by atoms with Crippen molar-refractivity contribution < 1.29 is 9.47 Å². The molecule has 0 radical (unpaired) electrons. The Hall–Kier alpha value is -2.24. The maximum Gasteiger partial charge on any atom is 0.179 e. The zero-order valence-corrected chi connectivity index (χ0v) is 15.7. The first kappa shape index (κ1) is 17.2. The van der Waals surface area contributed by atoms with Gasteiger partial charge in [0.15, 0.2) is 11.5 Å². The molecular weight excluding hydrogens is 350 g/mol. The van der Waals surface area contributed by atoms with E-state index in [0.717, 1.165) is 23.4 Å². The van der Waals surface area contributed by atoms with E-state index < -0.39 is 0 Å². The van der Waals surface area contributed by atoms with Gasteiger partial charge in [-0.25, -0.2) is 4.98 Å². The van der Waals surface area contributed by atoms with E-state index in [1.165, 1.54) is 5.52 Å². The second-order valence-electron chi connectivity index (χ2n) is 6.41. The third-order valence-corrected chi connectivity index (χ3v) is 4.94.